The maximum absolute atomic E-state index is 11.7. The predicted octanol–water partition coefficient (Wildman–Crippen LogP) is 0.924. The van der Waals surface area contributed by atoms with Crippen LogP contribution in [0.25, 0.3) is 0 Å². The van der Waals surface area contributed by atoms with E-state index >= 15 is 0 Å². The van der Waals surface area contributed by atoms with Crippen molar-refractivity contribution in [3.63, 3.8) is 0 Å². The second-order valence-corrected chi connectivity index (χ2v) is 5.60. The predicted molar refractivity (Wildman–Crippen MR) is 91.2 cm³/mol. The summed E-state index contributed by atoms with van der Waals surface area (Å²) in [5, 5.41) is 15.1. The fourth-order valence-corrected chi connectivity index (χ4v) is 2.42. The second kappa shape index (κ2) is 8.88. The van der Waals surface area contributed by atoms with Crippen LogP contribution in [0.5, 0.6) is 0 Å². The van der Waals surface area contributed by atoms with Gasteiger partial charge in [-0.3, -0.25) is 9.59 Å². The van der Waals surface area contributed by atoms with Crippen LogP contribution >= 0.6 is 0 Å². The standard InChI is InChI=1S/C18H23N3O3/c1-21-13-5-8-15(21)16(22)10-12-20-18(24)17(23)19-11-9-14-6-3-2-4-7-14/h2-8,13,16,22H,9-12H2,1H3,(H,19,23)(H,20,24). The monoisotopic (exact) mass is 329 g/mol. The van der Waals surface area contributed by atoms with Gasteiger partial charge in [-0.05, 0) is 30.5 Å². The molecular weight excluding hydrogens is 306 g/mol. The van der Waals surface area contributed by atoms with E-state index in [1.165, 1.54) is 0 Å². The largest absolute Gasteiger partial charge is 0.387 e. The van der Waals surface area contributed by atoms with Crippen molar-refractivity contribution in [2.45, 2.75) is 18.9 Å². The zero-order chi connectivity index (χ0) is 17.4. The van der Waals surface area contributed by atoms with Gasteiger partial charge in [0, 0.05) is 32.0 Å². The third kappa shape index (κ3) is 5.24. The highest BCUT2D eigenvalue weighted by atomic mass is 16.3. The number of aliphatic hydroxyl groups excluding tert-OH is 1. The van der Waals surface area contributed by atoms with Gasteiger partial charge in [-0.2, -0.15) is 0 Å². The van der Waals surface area contributed by atoms with Gasteiger partial charge < -0.3 is 20.3 Å². The summed E-state index contributed by atoms with van der Waals surface area (Å²) >= 11 is 0. The summed E-state index contributed by atoms with van der Waals surface area (Å²) < 4.78 is 1.82. The van der Waals surface area contributed by atoms with E-state index in [1.807, 2.05) is 60.3 Å². The average molecular weight is 329 g/mol. The molecule has 3 N–H and O–H groups in total. The minimum atomic E-state index is -0.679. The lowest BCUT2D eigenvalue weighted by molar-refractivity contribution is -0.139. The topological polar surface area (TPSA) is 83.4 Å². The highest BCUT2D eigenvalue weighted by Crippen LogP contribution is 2.15. The first kappa shape index (κ1) is 17.7. The number of hydrogen-bond acceptors (Lipinski definition) is 3. The zero-order valence-electron chi connectivity index (χ0n) is 13.7. The Kier molecular flexibility index (Phi) is 6.57. The number of aromatic nitrogens is 1. The molecule has 128 valence electrons. The van der Waals surface area contributed by atoms with E-state index in [0.29, 0.717) is 19.4 Å². The second-order valence-electron chi connectivity index (χ2n) is 5.60. The van der Waals surface area contributed by atoms with Gasteiger partial charge in [-0.25, -0.2) is 0 Å². The molecule has 0 spiro atoms. The molecule has 1 unspecified atom stereocenters. The van der Waals surface area contributed by atoms with E-state index in [9.17, 15) is 14.7 Å². The van der Waals surface area contributed by atoms with Crippen molar-refractivity contribution >= 4 is 11.8 Å². The number of benzene rings is 1. The van der Waals surface area contributed by atoms with E-state index in [0.717, 1.165) is 11.3 Å². The summed E-state index contributed by atoms with van der Waals surface area (Å²) in [7, 11) is 1.84. The van der Waals surface area contributed by atoms with Crippen LogP contribution in [0, 0.1) is 0 Å². The third-order valence-electron chi connectivity index (χ3n) is 3.78. The maximum atomic E-state index is 11.7. The maximum Gasteiger partial charge on any atom is 0.309 e. The number of aliphatic hydroxyl groups is 1. The van der Waals surface area contributed by atoms with Crippen LogP contribution in [-0.4, -0.2) is 34.6 Å². The van der Waals surface area contributed by atoms with Gasteiger partial charge in [-0.15, -0.1) is 0 Å². The van der Waals surface area contributed by atoms with Crippen molar-refractivity contribution in [1.82, 2.24) is 15.2 Å². The summed E-state index contributed by atoms with van der Waals surface area (Å²) in [6, 6.07) is 13.4. The van der Waals surface area contributed by atoms with Crippen molar-refractivity contribution in [2.75, 3.05) is 13.1 Å². The normalized spacial score (nSPS) is 11.8. The van der Waals surface area contributed by atoms with Crippen molar-refractivity contribution in [2.24, 2.45) is 7.05 Å². The van der Waals surface area contributed by atoms with Crippen LogP contribution in [0.4, 0.5) is 0 Å². The van der Waals surface area contributed by atoms with Crippen LogP contribution < -0.4 is 10.6 Å². The molecule has 1 heterocycles. The molecule has 0 fully saturated rings. The van der Waals surface area contributed by atoms with Gasteiger partial charge >= 0.3 is 11.8 Å². The Bertz CT molecular complexity index is 667. The number of carbonyl (C=O) groups is 2. The molecule has 6 nitrogen and oxygen atoms in total. The Morgan fingerprint density at radius 1 is 1.04 bits per heavy atom. The number of nitrogens with zero attached hydrogens (tertiary/aromatic N) is 1. The van der Waals surface area contributed by atoms with Crippen LogP contribution in [0.1, 0.15) is 23.8 Å². The number of carbonyl (C=O) groups excluding carboxylic acids is 2. The first-order valence-corrected chi connectivity index (χ1v) is 7.97. The number of rotatable bonds is 7. The van der Waals surface area contributed by atoms with Gasteiger partial charge in [0.1, 0.15) is 0 Å². The van der Waals surface area contributed by atoms with E-state index < -0.39 is 17.9 Å². The number of aryl methyl sites for hydroxylation is 1. The lowest BCUT2D eigenvalue weighted by Crippen LogP contribution is -2.41. The lowest BCUT2D eigenvalue weighted by atomic mass is 10.1. The molecular formula is C18H23N3O3. The number of hydrogen-bond donors (Lipinski definition) is 3. The highest BCUT2D eigenvalue weighted by molar-refractivity contribution is 6.35. The molecule has 0 radical (unpaired) electrons. The average Bonchev–Trinajstić information content (AvgIpc) is 3.01. The molecule has 0 aliphatic carbocycles. The molecule has 2 rings (SSSR count). The van der Waals surface area contributed by atoms with Crippen LogP contribution in [0.2, 0.25) is 0 Å². The van der Waals surface area contributed by atoms with E-state index in [4.69, 9.17) is 0 Å². The molecule has 6 heteroatoms. The van der Waals surface area contributed by atoms with Crippen molar-refractivity contribution in [3.8, 4) is 0 Å². The van der Waals surface area contributed by atoms with Gasteiger partial charge in [0.25, 0.3) is 0 Å². The van der Waals surface area contributed by atoms with Crippen LogP contribution in [0.15, 0.2) is 48.7 Å². The highest BCUT2D eigenvalue weighted by Gasteiger charge is 2.14. The van der Waals surface area contributed by atoms with E-state index in [1.54, 1.807) is 0 Å². The zero-order valence-corrected chi connectivity index (χ0v) is 13.7. The van der Waals surface area contributed by atoms with Gasteiger partial charge in [-0.1, -0.05) is 30.3 Å². The van der Waals surface area contributed by atoms with Crippen molar-refractivity contribution in [1.29, 1.82) is 0 Å². The molecule has 2 amide bonds. The van der Waals surface area contributed by atoms with Gasteiger partial charge in [0.15, 0.2) is 0 Å². The van der Waals surface area contributed by atoms with Crippen LogP contribution in [-0.2, 0) is 23.1 Å². The SMILES string of the molecule is Cn1cccc1C(O)CCNC(=O)C(=O)NCCc1ccccc1. The Balaban J connectivity index is 1.65. The van der Waals surface area contributed by atoms with Crippen LogP contribution in [0.3, 0.4) is 0 Å². The Morgan fingerprint density at radius 3 is 2.33 bits per heavy atom. The smallest absolute Gasteiger partial charge is 0.309 e. The van der Waals surface area contributed by atoms with E-state index in [-0.39, 0.29) is 6.54 Å². The van der Waals surface area contributed by atoms with Crippen molar-refractivity contribution in [3.05, 3.63) is 59.9 Å². The Labute approximate surface area is 141 Å². The summed E-state index contributed by atoms with van der Waals surface area (Å²) in [6.45, 7) is 0.638. The van der Waals surface area contributed by atoms with Gasteiger partial charge in [0.2, 0.25) is 0 Å². The molecule has 0 aliphatic rings. The number of nitrogens with one attached hydrogen (secondary N) is 2. The fraction of sp³-hybridized carbons (Fsp3) is 0.333. The minimum Gasteiger partial charge on any atom is -0.387 e. The molecule has 1 aromatic carbocycles. The summed E-state index contributed by atoms with van der Waals surface area (Å²) in [5.74, 6) is -1.33. The Hall–Kier alpha value is -2.60. The molecule has 0 saturated heterocycles. The van der Waals surface area contributed by atoms with Crippen molar-refractivity contribution < 1.29 is 14.7 Å². The molecule has 24 heavy (non-hydrogen) atoms. The first-order valence-electron chi connectivity index (χ1n) is 7.97. The molecule has 1 atom stereocenters. The summed E-state index contributed by atoms with van der Waals surface area (Å²) in [6.07, 6.45) is 2.19. The third-order valence-corrected chi connectivity index (χ3v) is 3.78. The Morgan fingerprint density at radius 2 is 1.71 bits per heavy atom. The summed E-state index contributed by atoms with van der Waals surface area (Å²) in [4.78, 5) is 23.4. The molecule has 0 saturated carbocycles. The van der Waals surface area contributed by atoms with E-state index in [2.05, 4.69) is 10.6 Å². The lowest BCUT2D eigenvalue weighted by Gasteiger charge is -2.12. The number of amides is 2. The summed E-state index contributed by atoms with van der Waals surface area (Å²) in [5.41, 5.74) is 1.88. The van der Waals surface area contributed by atoms with Gasteiger partial charge in [0.05, 0.1) is 6.10 Å². The minimum absolute atomic E-state index is 0.233. The fourth-order valence-electron chi connectivity index (χ4n) is 2.42. The molecule has 1 aromatic heterocycles. The molecule has 0 aliphatic heterocycles. The quantitative estimate of drug-likeness (QED) is 0.661. The first-order chi connectivity index (χ1) is 11.6. The molecule has 0 bridgehead atoms. The molecule has 2 aromatic rings.